The van der Waals surface area contributed by atoms with E-state index in [0.717, 1.165) is 16.8 Å². The summed E-state index contributed by atoms with van der Waals surface area (Å²) in [4.78, 5) is 28.5. The van der Waals surface area contributed by atoms with Gasteiger partial charge < -0.3 is 14.8 Å². The summed E-state index contributed by atoms with van der Waals surface area (Å²) < 4.78 is 11.8. The van der Waals surface area contributed by atoms with Gasteiger partial charge >= 0.3 is 5.97 Å². The zero-order valence-electron chi connectivity index (χ0n) is 19.5. The van der Waals surface area contributed by atoms with E-state index in [-0.39, 0.29) is 22.4 Å². The number of thioether (sulfide) groups is 1. The van der Waals surface area contributed by atoms with Gasteiger partial charge in [0.25, 0.3) is 5.91 Å². The molecule has 0 aliphatic carbocycles. The summed E-state index contributed by atoms with van der Waals surface area (Å²) in [6.07, 6.45) is -0.603. The lowest BCUT2D eigenvalue weighted by Gasteiger charge is -2.51. The first-order valence-corrected chi connectivity index (χ1v) is 12.4. The highest BCUT2D eigenvalue weighted by Crippen LogP contribution is 2.46. The van der Waals surface area contributed by atoms with Crippen LogP contribution in [0.5, 0.6) is 0 Å². The van der Waals surface area contributed by atoms with Crippen molar-refractivity contribution >= 4 is 29.3 Å². The summed E-state index contributed by atoms with van der Waals surface area (Å²) in [7, 11) is 1.61. The third-order valence-electron chi connectivity index (χ3n) is 6.21. The quantitative estimate of drug-likeness (QED) is 0.376. The Kier molecular flexibility index (Phi) is 6.61. The Balaban J connectivity index is 1.44. The van der Waals surface area contributed by atoms with Gasteiger partial charge in [0.1, 0.15) is 22.5 Å². The summed E-state index contributed by atoms with van der Waals surface area (Å²) in [5.74, 6) is -0.706. The third kappa shape index (κ3) is 4.45. The molecule has 2 aliphatic heterocycles. The van der Waals surface area contributed by atoms with Crippen LogP contribution in [0.25, 0.3) is 0 Å². The maximum atomic E-state index is 13.7. The van der Waals surface area contributed by atoms with E-state index >= 15 is 0 Å². The Morgan fingerprint density at radius 1 is 0.914 bits per heavy atom. The minimum absolute atomic E-state index is 0.164. The monoisotopic (exact) mass is 486 g/mol. The van der Waals surface area contributed by atoms with Crippen molar-refractivity contribution in [3.8, 4) is 0 Å². The zero-order chi connectivity index (χ0) is 24.4. The molecular formula is C28H26N2O4S. The molecule has 1 saturated heterocycles. The number of nitrogens with one attached hydrogen (secondary N) is 1. The highest BCUT2D eigenvalue weighted by atomic mass is 32.2. The van der Waals surface area contributed by atoms with E-state index in [0.29, 0.717) is 5.57 Å². The van der Waals surface area contributed by atoms with Gasteiger partial charge in [-0.05, 0) is 35.8 Å². The molecule has 0 unspecified atom stereocenters. The number of carbonyl (C=O) groups excluding carboxylic acids is 2. The Bertz CT molecular complexity index is 1190. The predicted molar refractivity (Wildman–Crippen MR) is 136 cm³/mol. The molecule has 2 heterocycles. The SMILES string of the molecule is CO[C@H]1S[C@H]2[C@@H](Nc3ccccc3)C(=O)N2C(C(=O)OC(c2ccccc2)c2ccccc2)=C1C. The van der Waals surface area contributed by atoms with Gasteiger partial charge in [-0.2, -0.15) is 0 Å². The Morgan fingerprint density at radius 2 is 1.46 bits per heavy atom. The average Bonchev–Trinajstić information content (AvgIpc) is 2.91. The molecule has 0 bridgehead atoms. The van der Waals surface area contributed by atoms with E-state index < -0.39 is 18.1 Å². The normalized spacial score (nSPS) is 21.4. The number of anilines is 1. The van der Waals surface area contributed by atoms with Crippen LogP contribution in [-0.2, 0) is 19.1 Å². The molecule has 3 aromatic carbocycles. The van der Waals surface area contributed by atoms with Gasteiger partial charge in [-0.25, -0.2) is 4.79 Å². The Labute approximate surface area is 208 Å². The predicted octanol–water partition coefficient (Wildman–Crippen LogP) is 4.96. The van der Waals surface area contributed by atoms with Gasteiger partial charge in [-0.1, -0.05) is 90.6 Å². The fourth-order valence-electron chi connectivity index (χ4n) is 4.46. The van der Waals surface area contributed by atoms with Crippen LogP contribution in [0.15, 0.2) is 102 Å². The minimum Gasteiger partial charge on any atom is -0.448 e. The number of carbonyl (C=O) groups is 2. The van der Waals surface area contributed by atoms with Crippen molar-refractivity contribution in [2.75, 3.05) is 12.4 Å². The van der Waals surface area contributed by atoms with E-state index in [1.807, 2.05) is 97.9 Å². The molecule has 0 aromatic heterocycles. The molecule has 5 rings (SSSR count). The van der Waals surface area contributed by atoms with Crippen molar-refractivity contribution in [2.24, 2.45) is 0 Å². The molecule has 0 spiro atoms. The number of β-lactam (4-membered cyclic amide) rings is 1. The van der Waals surface area contributed by atoms with Crippen LogP contribution in [0.3, 0.4) is 0 Å². The Hall–Kier alpha value is -3.55. The smallest absolute Gasteiger partial charge is 0.356 e. The number of methoxy groups -OCH3 is 1. The topological polar surface area (TPSA) is 67.9 Å². The first kappa shape index (κ1) is 23.2. The lowest BCUT2D eigenvalue weighted by atomic mass is 10.0. The highest BCUT2D eigenvalue weighted by molar-refractivity contribution is 8.00. The minimum atomic E-state index is -0.603. The van der Waals surface area contributed by atoms with Crippen molar-refractivity contribution in [3.05, 3.63) is 113 Å². The van der Waals surface area contributed by atoms with Crippen molar-refractivity contribution in [2.45, 2.75) is 29.9 Å². The van der Waals surface area contributed by atoms with Gasteiger partial charge in [0.05, 0.1) is 0 Å². The zero-order valence-corrected chi connectivity index (χ0v) is 20.3. The molecule has 35 heavy (non-hydrogen) atoms. The number of hydrogen-bond acceptors (Lipinski definition) is 6. The molecule has 3 aromatic rings. The number of hydrogen-bond donors (Lipinski definition) is 1. The molecule has 1 amide bonds. The summed E-state index contributed by atoms with van der Waals surface area (Å²) >= 11 is 1.51. The molecule has 1 N–H and O–H groups in total. The van der Waals surface area contributed by atoms with Gasteiger partial charge in [-0.3, -0.25) is 9.69 Å². The van der Waals surface area contributed by atoms with E-state index in [4.69, 9.17) is 9.47 Å². The van der Waals surface area contributed by atoms with E-state index in [2.05, 4.69) is 5.32 Å². The highest BCUT2D eigenvalue weighted by Gasteiger charge is 2.55. The van der Waals surface area contributed by atoms with Crippen LogP contribution in [-0.4, -0.2) is 40.7 Å². The van der Waals surface area contributed by atoms with Crippen LogP contribution in [0.2, 0.25) is 0 Å². The van der Waals surface area contributed by atoms with Crippen molar-refractivity contribution in [1.29, 1.82) is 0 Å². The molecule has 7 heteroatoms. The lowest BCUT2D eigenvalue weighted by Crippen LogP contribution is -2.68. The molecule has 2 aliphatic rings. The first-order valence-electron chi connectivity index (χ1n) is 11.4. The van der Waals surface area contributed by atoms with Crippen LogP contribution in [0.4, 0.5) is 5.69 Å². The number of benzene rings is 3. The van der Waals surface area contributed by atoms with Gasteiger partial charge in [0.15, 0.2) is 6.10 Å². The molecule has 6 nitrogen and oxygen atoms in total. The number of nitrogens with zero attached hydrogens (tertiary/aromatic N) is 1. The second-order valence-corrected chi connectivity index (χ2v) is 9.61. The summed E-state index contributed by atoms with van der Waals surface area (Å²) in [5.41, 5.74) is 3.13. The lowest BCUT2D eigenvalue weighted by molar-refractivity contribution is -0.152. The molecule has 0 saturated carbocycles. The van der Waals surface area contributed by atoms with Gasteiger partial charge in [0.2, 0.25) is 0 Å². The standard InChI is InChI=1S/C28H26N2O4S/c1-18-23(27(32)34-24(19-12-6-3-7-13-19)20-14-8-4-9-15-20)30-25(31)22(26(30)35-28(18)33-2)29-21-16-10-5-11-17-21/h3-17,22,24,26,28-29H,1-2H3/t22-,26-,28-/m0/s1. The van der Waals surface area contributed by atoms with E-state index in [9.17, 15) is 9.59 Å². The molecule has 1 fully saturated rings. The Morgan fingerprint density at radius 3 is 2.00 bits per heavy atom. The largest absolute Gasteiger partial charge is 0.448 e. The molecule has 0 radical (unpaired) electrons. The van der Waals surface area contributed by atoms with Crippen molar-refractivity contribution in [3.63, 3.8) is 0 Å². The molecule has 3 atom stereocenters. The summed E-state index contributed by atoms with van der Waals surface area (Å²) in [5, 5.41) is 3.01. The average molecular weight is 487 g/mol. The second kappa shape index (κ2) is 9.98. The van der Waals surface area contributed by atoms with Crippen LogP contribution in [0.1, 0.15) is 24.2 Å². The molecule has 178 valence electrons. The summed E-state index contributed by atoms with van der Waals surface area (Å²) in [6, 6.07) is 28.3. The number of rotatable bonds is 7. The first-order chi connectivity index (χ1) is 17.1. The van der Waals surface area contributed by atoms with Gasteiger partial charge in [0, 0.05) is 12.8 Å². The van der Waals surface area contributed by atoms with Crippen LogP contribution in [0, 0.1) is 0 Å². The van der Waals surface area contributed by atoms with Crippen LogP contribution < -0.4 is 5.32 Å². The molecular weight excluding hydrogens is 460 g/mol. The van der Waals surface area contributed by atoms with E-state index in [1.165, 1.54) is 11.8 Å². The second-order valence-electron chi connectivity index (χ2n) is 8.43. The van der Waals surface area contributed by atoms with Crippen LogP contribution >= 0.6 is 11.8 Å². The summed E-state index contributed by atoms with van der Waals surface area (Å²) in [6.45, 7) is 1.82. The van der Waals surface area contributed by atoms with E-state index in [1.54, 1.807) is 12.0 Å². The number of esters is 1. The number of amides is 1. The van der Waals surface area contributed by atoms with Gasteiger partial charge in [-0.15, -0.1) is 0 Å². The number of fused-ring (bicyclic) bond motifs is 1. The fourth-order valence-corrected chi connectivity index (χ4v) is 5.81. The number of ether oxygens (including phenoxy) is 2. The maximum Gasteiger partial charge on any atom is 0.356 e. The number of para-hydroxylation sites is 1. The third-order valence-corrected chi connectivity index (χ3v) is 7.76. The van der Waals surface area contributed by atoms with Crippen molar-refractivity contribution in [1.82, 2.24) is 4.90 Å². The maximum absolute atomic E-state index is 13.7. The van der Waals surface area contributed by atoms with Crippen molar-refractivity contribution < 1.29 is 19.1 Å². The fraction of sp³-hybridized carbons (Fsp3) is 0.214.